The lowest BCUT2D eigenvalue weighted by Crippen LogP contribution is -2.41. The van der Waals surface area contributed by atoms with E-state index in [1.807, 2.05) is 53.2 Å². The molecule has 0 saturated heterocycles. The molecule has 1 aromatic carbocycles. The molecule has 0 radical (unpaired) electrons. The van der Waals surface area contributed by atoms with Crippen molar-refractivity contribution in [1.82, 2.24) is 9.88 Å². The molecule has 0 saturated carbocycles. The number of carbonyl (C=O) groups excluding carboxylic acids is 2. The summed E-state index contributed by atoms with van der Waals surface area (Å²) in [7, 11) is 0. The minimum Gasteiger partial charge on any atom is -0.444 e. The quantitative estimate of drug-likeness (QED) is 0.916. The fourth-order valence-corrected chi connectivity index (χ4v) is 2.24. The molecule has 1 N–H and O–H groups in total. The molecule has 138 valence electrons. The van der Waals surface area contributed by atoms with Crippen LogP contribution in [0.5, 0.6) is 0 Å². The van der Waals surface area contributed by atoms with E-state index in [1.54, 1.807) is 33.8 Å². The third-order valence-electron chi connectivity index (χ3n) is 3.44. The molecule has 2 amide bonds. The van der Waals surface area contributed by atoms with Crippen LogP contribution in [0.25, 0.3) is 0 Å². The first-order chi connectivity index (χ1) is 12.2. The molecule has 1 heterocycles. The number of aromatic nitrogens is 1. The third-order valence-corrected chi connectivity index (χ3v) is 3.44. The number of nitrogens with one attached hydrogen (secondary N) is 1. The van der Waals surface area contributed by atoms with Gasteiger partial charge in [0.25, 0.3) is 5.91 Å². The van der Waals surface area contributed by atoms with E-state index in [1.165, 1.54) is 0 Å². The van der Waals surface area contributed by atoms with Gasteiger partial charge in [0.15, 0.2) is 0 Å². The smallest absolute Gasteiger partial charge is 0.408 e. The second-order valence-electron chi connectivity index (χ2n) is 6.99. The molecule has 0 fully saturated rings. The molecule has 0 spiro atoms. The number of rotatable bonds is 4. The van der Waals surface area contributed by atoms with Crippen LogP contribution in [0.2, 0.25) is 0 Å². The molecule has 1 aromatic heterocycles. The number of ether oxygens (including phenoxy) is 1. The van der Waals surface area contributed by atoms with Gasteiger partial charge in [0, 0.05) is 12.7 Å². The first-order valence-electron chi connectivity index (χ1n) is 8.52. The van der Waals surface area contributed by atoms with Crippen molar-refractivity contribution in [3.63, 3.8) is 0 Å². The molecule has 26 heavy (non-hydrogen) atoms. The van der Waals surface area contributed by atoms with Gasteiger partial charge in [-0.3, -0.25) is 4.79 Å². The number of pyridine rings is 1. The number of carbonyl (C=O) groups is 2. The van der Waals surface area contributed by atoms with Gasteiger partial charge in [-0.15, -0.1) is 0 Å². The molecule has 0 aliphatic heterocycles. The van der Waals surface area contributed by atoms with Crippen molar-refractivity contribution in [1.29, 1.82) is 0 Å². The van der Waals surface area contributed by atoms with E-state index in [4.69, 9.17) is 4.74 Å². The van der Waals surface area contributed by atoms with Crippen LogP contribution in [0.3, 0.4) is 0 Å². The largest absolute Gasteiger partial charge is 0.444 e. The normalized spacial score (nSPS) is 13.2. The van der Waals surface area contributed by atoms with Gasteiger partial charge in [-0.05, 0) is 45.4 Å². The molecule has 0 unspecified atom stereocenters. The highest BCUT2D eigenvalue weighted by atomic mass is 16.6. The maximum atomic E-state index is 12.4. The molecule has 0 bridgehead atoms. The lowest BCUT2D eigenvalue weighted by atomic mass is 10.2. The zero-order valence-electron chi connectivity index (χ0n) is 15.6. The van der Waals surface area contributed by atoms with E-state index < -0.39 is 23.6 Å². The molecule has 2 rings (SSSR count). The van der Waals surface area contributed by atoms with Gasteiger partial charge >= 0.3 is 6.09 Å². The number of nitrogens with zero attached hydrogens (tertiary/aromatic N) is 2. The van der Waals surface area contributed by atoms with E-state index >= 15 is 0 Å². The Morgan fingerprint density at radius 3 is 2.42 bits per heavy atom. The highest BCUT2D eigenvalue weighted by Gasteiger charge is 2.20. The van der Waals surface area contributed by atoms with Crippen LogP contribution < -0.4 is 10.8 Å². The van der Waals surface area contributed by atoms with Crippen LogP contribution >= 0.6 is 0 Å². The van der Waals surface area contributed by atoms with Crippen molar-refractivity contribution < 1.29 is 14.3 Å². The van der Waals surface area contributed by atoms with E-state index in [2.05, 4.69) is 10.3 Å². The van der Waals surface area contributed by atoms with Crippen LogP contribution in [0.4, 0.5) is 4.79 Å². The van der Waals surface area contributed by atoms with Crippen molar-refractivity contribution in [2.45, 2.75) is 45.9 Å². The summed E-state index contributed by atoms with van der Waals surface area (Å²) < 4.78 is 7.04. The lowest BCUT2D eigenvalue weighted by molar-refractivity contribution is -0.119. The second kappa shape index (κ2) is 8.47. The summed E-state index contributed by atoms with van der Waals surface area (Å²) in [5.74, 6) is -0.441. The van der Waals surface area contributed by atoms with Crippen molar-refractivity contribution in [2.75, 3.05) is 0 Å². The zero-order chi connectivity index (χ0) is 19.2. The van der Waals surface area contributed by atoms with Gasteiger partial charge in [-0.2, -0.15) is 4.99 Å². The van der Waals surface area contributed by atoms with E-state index in [0.29, 0.717) is 12.0 Å². The summed E-state index contributed by atoms with van der Waals surface area (Å²) in [5, 5.41) is 2.51. The van der Waals surface area contributed by atoms with Crippen molar-refractivity contribution in [3.05, 3.63) is 65.8 Å². The fraction of sp³-hybridized carbons (Fsp3) is 0.350. The number of alkyl carbamates (subject to hydrolysis) is 1. The summed E-state index contributed by atoms with van der Waals surface area (Å²) in [5.41, 5.74) is 1.01. The maximum Gasteiger partial charge on any atom is 0.408 e. The highest BCUT2D eigenvalue weighted by Crippen LogP contribution is 2.07. The van der Waals surface area contributed by atoms with E-state index in [0.717, 1.165) is 5.56 Å². The Morgan fingerprint density at radius 1 is 1.12 bits per heavy atom. The van der Waals surface area contributed by atoms with Crippen molar-refractivity contribution >= 4 is 12.0 Å². The van der Waals surface area contributed by atoms with E-state index in [-0.39, 0.29) is 0 Å². The molecule has 6 heteroatoms. The minimum absolute atomic E-state index is 0.441. The number of benzene rings is 1. The van der Waals surface area contributed by atoms with Gasteiger partial charge in [-0.25, -0.2) is 4.79 Å². The molecule has 0 aliphatic carbocycles. The monoisotopic (exact) mass is 355 g/mol. The second-order valence-corrected chi connectivity index (χ2v) is 6.99. The number of amides is 2. The highest BCUT2D eigenvalue weighted by molar-refractivity contribution is 5.85. The summed E-state index contributed by atoms with van der Waals surface area (Å²) >= 11 is 0. The Hall–Kier alpha value is -2.89. The van der Waals surface area contributed by atoms with Crippen molar-refractivity contribution in [3.8, 4) is 0 Å². The van der Waals surface area contributed by atoms with Gasteiger partial charge in [0.05, 0.1) is 0 Å². The van der Waals surface area contributed by atoms with Crippen LogP contribution in [0.15, 0.2) is 59.7 Å². The summed E-state index contributed by atoms with van der Waals surface area (Å²) in [6, 6.07) is 14.6. The summed E-state index contributed by atoms with van der Waals surface area (Å²) in [4.78, 5) is 28.3. The molecule has 1 atom stereocenters. The molecular formula is C20H25N3O3. The summed E-state index contributed by atoms with van der Waals surface area (Å²) in [6.45, 7) is 7.47. The van der Waals surface area contributed by atoms with Gasteiger partial charge in [0.1, 0.15) is 17.1 Å². The standard InChI is InChI=1S/C20H25N3O3/c1-15(21-19(25)26-20(2,3)4)18(24)22-17-12-8-9-13-23(17)14-16-10-6-5-7-11-16/h5-13,15H,14H2,1-4H3,(H,21,25)/t15-/m1/s1. The first-order valence-corrected chi connectivity index (χ1v) is 8.52. The minimum atomic E-state index is -0.782. The Kier molecular flexibility index (Phi) is 6.33. The predicted molar refractivity (Wildman–Crippen MR) is 99.4 cm³/mol. The van der Waals surface area contributed by atoms with Gasteiger partial charge in [0.2, 0.25) is 0 Å². The number of hydrogen-bond acceptors (Lipinski definition) is 3. The molecule has 2 aromatic rings. The first kappa shape index (κ1) is 19.4. The lowest BCUT2D eigenvalue weighted by Gasteiger charge is -2.21. The Morgan fingerprint density at radius 2 is 1.77 bits per heavy atom. The van der Waals surface area contributed by atoms with Crippen molar-refractivity contribution in [2.24, 2.45) is 4.99 Å². The van der Waals surface area contributed by atoms with Crippen LogP contribution in [0, 0.1) is 0 Å². The topological polar surface area (TPSA) is 72.7 Å². The van der Waals surface area contributed by atoms with Crippen LogP contribution in [0.1, 0.15) is 33.3 Å². The Balaban J connectivity index is 2.13. The van der Waals surface area contributed by atoms with Crippen LogP contribution in [-0.4, -0.2) is 28.2 Å². The number of hydrogen-bond donors (Lipinski definition) is 1. The molecule has 6 nitrogen and oxygen atoms in total. The van der Waals surface area contributed by atoms with Gasteiger partial charge in [-0.1, -0.05) is 36.4 Å². The fourth-order valence-electron chi connectivity index (χ4n) is 2.24. The molecule has 0 aliphatic rings. The summed E-state index contributed by atoms with van der Waals surface area (Å²) in [6.07, 6.45) is 1.23. The zero-order valence-corrected chi connectivity index (χ0v) is 15.6. The Labute approximate surface area is 153 Å². The SMILES string of the molecule is C[C@@H](NC(=O)OC(C)(C)C)C(=O)N=c1ccccn1Cc1ccccc1. The Bertz CT molecular complexity index is 820. The third kappa shape index (κ3) is 6.20. The average Bonchev–Trinajstić information content (AvgIpc) is 2.55. The average molecular weight is 355 g/mol. The predicted octanol–water partition coefficient (Wildman–Crippen LogP) is 2.88. The maximum absolute atomic E-state index is 12.4. The van der Waals surface area contributed by atoms with Crippen LogP contribution in [-0.2, 0) is 16.1 Å². The molecular weight excluding hydrogens is 330 g/mol. The van der Waals surface area contributed by atoms with E-state index in [9.17, 15) is 9.59 Å². The van der Waals surface area contributed by atoms with Gasteiger partial charge < -0.3 is 14.6 Å².